The third-order valence-corrected chi connectivity index (χ3v) is 5.05. The number of carbonyl (C=O) groups excluding carboxylic acids is 2. The van der Waals surface area contributed by atoms with E-state index in [1.165, 1.54) is 12.1 Å². The maximum Gasteiger partial charge on any atom is 0.210 e. The van der Waals surface area contributed by atoms with Crippen LogP contribution in [0, 0.1) is 0 Å². The first kappa shape index (κ1) is 15.4. The number of allylic oxidation sites excluding steroid dienone is 4. The van der Waals surface area contributed by atoms with Gasteiger partial charge in [-0.3, -0.25) is 9.59 Å². The minimum absolute atomic E-state index is 0.0328. The van der Waals surface area contributed by atoms with Gasteiger partial charge in [0.15, 0.2) is 11.6 Å². The van der Waals surface area contributed by atoms with Crippen molar-refractivity contribution in [3.63, 3.8) is 0 Å². The summed E-state index contributed by atoms with van der Waals surface area (Å²) in [5.41, 5.74) is 1.05. The van der Waals surface area contributed by atoms with Crippen molar-refractivity contribution in [3.8, 4) is 0 Å². The molecule has 0 atom stereocenters. The van der Waals surface area contributed by atoms with Crippen LogP contribution in [0.15, 0.2) is 52.3 Å². The van der Waals surface area contributed by atoms with Crippen molar-refractivity contribution >= 4 is 21.4 Å². The number of hydrogen-bond donors (Lipinski definition) is 0. The Morgan fingerprint density at radius 3 is 2.29 bits per heavy atom. The van der Waals surface area contributed by atoms with Crippen LogP contribution >= 0.6 is 0 Å². The number of sulfone groups is 1. The summed E-state index contributed by atoms with van der Waals surface area (Å²) in [6, 6.07) is 6.45. The molecule has 0 heterocycles. The Morgan fingerprint density at radius 1 is 1.00 bits per heavy atom. The Labute approximate surface area is 124 Å². The average molecular weight is 304 g/mol. The molecular formula is C16H16O4S. The third kappa shape index (κ3) is 3.36. The number of hydrogen-bond acceptors (Lipinski definition) is 4. The molecule has 0 aromatic heterocycles. The Morgan fingerprint density at radius 2 is 1.67 bits per heavy atom. The second-order valence-electron chi connectivity index (χ2n) is 4.86. The lowest BCUT2D eigenvalue weighted by molar-refractivity contribution is -0.114. The molecule has 0 bridgehead atoms. The van der Waals surface area contributed by atoms with Crippen LogP contribution in [0.2, 0.25) is 0 Å². The SMILES string of the molecule is CCCCc1ccc(S(=O)(=O)C2=CC(=O)C=CC2=O)cc1. The van der Waals surface area contributed by atoms with Gasteiger partial charge in [-0.15, -0.1) is 0 Å². The molecule has 0 saturated carbocycles. The van der Waals surface area contributed by atoms with Gasteiger partial charge in [-0.05, 0) is 42.7 Å². The number of rotatable bonds is 5. The van der Waals surface area contributed by atoms with Crippen molar-refractivity contribution in [2.45, 2.75) is 31.1 Å². The van der Waals surface area contributed by atoms with Gasteiger partial charge in [0.25, 0.3) is 0 Å². The minimum Gasteiger partial charge on any atom is -0.290 e. The first-order chi connectivity index (χ1) is 9.95. The minimum atomic E-state index is -3.94. The van der Waals surface area contributed by atoms with Crippen molar-refractivity contribution in [1.82, 2.24) is 0 Å². The highest BCUT2D eigenvalue weighted by Crippen LogP contribution is 2.23. The molecular weight excluding hydrogens is 288 g/mol. The summed E-state index contributed by atoms with van der Waals surface area (Å²) in [6.07, 6.45) is 5.92. The van der Waals surface area contributed by atoms with E-state index in [0.29, 0.717) is 0 Å². The van der Waals surface area contributed by atoms with E-state index in [1.54, 1.807) is 12.1 Å². The second kappa shape index (κ2) is 6.18. The van der Waals surface area contributed by atoms with E-state index in [0.717, 1.165) is 43.1 Å². The topological polar surface area (TPSA) is 68.3 Å². The molecule has 0 saturated heterocycles. The lowest BCUT2D eigenvalue weighted by Gasteiger charge is -2.09. The van der Waals surface area contributed by atoms with Gasteiger partial charge in [-0.2, -0.15) is 0 Å². The molecule has 2 rings (SSSR count). The maximum absolute atomic E-state index is 12.4. The van der Waals surface area contributed by atoms with E-state index < -0.39 is 26.3 Å². The van der Waals surface area contributed by atoms with Crippen molar-refractivity contribution in [2.75, 3.05) is 0 Å². The number of benzene rings is 1. The molecule has 0 radical (unpaired) electrons. The largest absolute Gasteiger partial charge is 0.290 e. The monoisotopic (exact) mass is 304 g/mol. The smallest absolute Gasteiger partial charge is 0.210 e. The van der Waals surface area contributed by atoms with E-state index in [4.69, 9.17) is 0 Å². The molecule has 0 fully saturated rings. The van der Waals surface area contributed by atoms with E-state index in [9.17, 15) is 18.0 Å². The highest BCUT2D eigenvalue weighted by Gasteiger charge is 2.28. The lowest BCUT2D eigenvalue weighted by atomic mass is 10.1. The van der Waals surface area contributed by atoms with Crippen LogP contribution < -0.4 is 0 Å². The molecule has 0 aliphatic heterocycles. The van der Waals surface area contributed by atoms with E-state index in [2.05, 4.69) is 6.92 Å². The molecule has 5 heteroatoms. The van der Waals surface area contributed by atoms with E-state index in [1.807, 2.05) is 0 Å². The van der Waals surface area contributed by atoms with E-state index in [-0.39, 0.29) is 4.90 Å². The fourth-order valence-electron chi connectivity index (χ4n) is 2.04. The summed E-state index contributed by atoms with van der Waals surface area (Å²) in [6.45, 7) is 2.09. The molecule has 0 unspecified atom stereocenters. The van der Waals surface area contributed by atoms with E-state index >= 15 is 0 Å². The molecule has 0 N–H and O–H groups in total. The van der Waals surface area contributed by atoms with Gasteiger partial charge in [0, 0.05) is 6.08 Å². The summed E-state index contributed by atoms with van der Waals surface area (Å²) in [7, 11) is -3.94. The number of unbranched alkanes of at least 4 members (excludes halogenated alkanes) is 1. The molecule has 110 valence electrons. The summed E-state index contributed by atoms with van der Waals surface area (Å²) in [5, 5.41) is 0. The van der Waals surface area contributed by atoms with Crippen molar-refractivity contribution in [3.05, 3.63) is 53.0 Å². The van der Waals surface area contributed by atoms with Crippen LogP contribution in [0.3, 0.4) is 0 Å². The Bertz CT molecular complexity index is 722. The zero-order valence-corrected chi connectivity index (χ0v) is 12.5. The Balaban J connectivity index is 2.32. The summed E-state index contributed by atoms with van der Waals surface area (Å²) < 4.78 is 24.8. The van der Waals surface area contributed by atoms with Crippen LogP contribution in [0.4, 0.5) is 0 Å². The van der Waals surface area contributed by atoms with Gasteiger partial charge in [-0.25, -0.2) is 8.42 Å². The highest BCUT2D eigenvalue weighted by molar-refractivity contribution is 7.96. The summed E-state index contributed by atoms with van der Waals surface area (Å²) in [5.74, 6) is -1.16. The fraction of sp³-hybridized carbons (Fsp3) is 0.250. The van der Waals surface area contributed by atoms with Gasteiger partial charge < -0.3 is 0 Å². The quantitative estimate of drug-likeness (QED) is 0.783. The van der Waals surface area contributed by atoms with Crippen LogP contribution in [0.25, 0.3) is 0 Å². The van der Waals surface area contributed by atoms with Crippen molar-refractivity contribution < 1.29 is 18.0 Å². The van der Waals surface area contributed by atoms with Crippen LogP contribution in [-0.4, -0.2) is 20.0 Å². The summed E-state index contributed by atoms with van der Waals surface area (Å²) in [4.78, 5) is 22.5. The second-order valence-corrected chi connectivity index (χ2v) is 6.78. The van der Waals surface area contributed by atoms with Crippen LogP contribution in [0.5, 0.6) is 0 Å². The molecule has 1 aromatic carbocycles. The Kier molecular flexibility index (Phi) is 4.53. The molecule has 1 aliphatic carbocycles. The molecule has 1 aromatic rings. The molecule has 1 aliphatic rings. The average Bonchev–Trinajstić information content (AvgIpc) is 2.48. The fourth-order valence-corrected chi connectivity index (χ4v) is 3.39. The zero-order chi connectivity index (χ0) is 15.5. The third-order valence-electron chi connectivity index (χ3n) is 3.26. The predicted molar refractivity (Wildman–Crippen MR) is 79.5 cm³/mol. The standard InChI is InChI=1S/C16H16O4S/c1-2-3-4-12-5-8-14(9-6-12)21(19,20)16-11-13(17)7-10-15(16)18/h5-11H,2-4H2,1H3. The number of carbonyl (C=O) groups is 2. The predicted octanol–water partition coefficient (Wildman–Crippen LogP) is 2.39. The first-order valence-corrected chi connectivity index (χ1v) is 8.25. The summed E-state index contributed by atoms with van der Waals surface area (Å²) >= 11 is 0. The molecule has 21 heavy (non-hydrogen) atoms. The first-order valence-electron chi connectivity index (χ1n) is 6.77. The van der Waals surface area contributed by atoms with Gasteiger partial charge in [0.05, 0.1) is 4.90 Å². The molecule has 4 nitrogen and oxygen atoms in total. The van der Waals surface area contributed by atoms with Crippen LogP contribution in [-0.2, 0) is 25.8 Å². The zero-order valence-electron chi connectivity index (χ0n) is 11.7. The van der Waals surface area contributed by atoms with Crippen molar-refractivity contribution in [2.24, 2.45) is 0 Å². The van der Waals surface area contributed by atoms with Gasteiger partial charge in [-0.1, -0.05) is 25.5 Å². The number of aryl methyl sites for hydroxylation is 1. The molecule has 0 spiro atoms. The highest BCUT2D eigenvalue weighted by atomic mass is 32.2. The Hall–Kier alpha value is -2.01. The number of ketones is 2. The normalized spacial score (nSPS) is 15.2. The van der Waals surface area contributed by atoms with Gasteiger partial charge >= 0.3 is 0 Å². The maximum atomic E-state index is 12.4. The lowest BCUT2D eigenvalue weighted by Crippen LogP contribution is -2.16. The van der Waals surface area contributed by atoms with Crippen molar-refractivity contribution in [1.29, 1.82) is 0 Å². The molecule has 0 amide bonds. The van der Waals surface area contributed by atoms with Crippen LogP contribution in [0.1, 0.15) is 25.3 Å². The van der Waals surface area contributed by atoms with Gasteiger partial charge in [0.2, 0.25) is 9.84 Å². The van der Waals surface area contributed by atoms with Gasteiger partial charge in [0.1, 0.15) is 4.91 Å².